The first-order chi connectivity index (χ1) is 10.8. The van der Waals surface area contributed by atoms with Crippen molar-refractivity contribution in [1.29, 1.82) is 0 Å². The highest BCUT2D eigenvalue weighted by molar-refractivity contribution is 5.78. The number of nitrogens with one attached hydrogen (secondary N) is 1. The van der Waals surface area contributed by atoms with Crippen LogP contribution in [0.2, 0.25) is 0 Å². The Morgan fingerprint density at radius 2 is 2.14 bits per heavy atom. The second kappa shape index (κ2) is 7.63. The van der Waals surface area contributed by atoms with Gasteiger partial charge in [-0.2, -0.15) is 0 Å². The quantitative estimate of drug-likeness (QED) is 0.851. The molecule has 0 saturated carbocycles. The molecular weight excluding hydrogens is 276 g/mol. The Balaban J connectivity index is 1.37. The lowest BCUT2D eigenvalue weighted by molar-refractivity contribution is -0.126. The van der Waals surface area contributed by atoms with Gasteiger partial charge in [0, 0.05) is 12.5 Å². The number of hydrogen-bond acceptors (Lipinski definition) is 3. The van der Waals surface area contributed by atoms with Crippen LogP contribution in [0.25, 0.3) is 0 Å². The van der Waals surface area contributed by atoms with Crippen molar-refractivity contribution in [2.45, 2.75) is 38.6 Å². The van der Waals surface area contributed by atoms with E-state index in [1.54, 1.807) is 6.26 Å². The molecule has 1 amide bonds. The van der Waals surface area contributed by atoms with Crippen molar-refractivity contribution in [2.75, 3.05) is 19.6 Å². The summed E-state index contributed by atoms with van der Waals surface area (Å²) in [5.74, 6) is 1.97. The first-order valence-corrected chi connectivity index (χ1v) is 8.48. The van der Waals surface area contributed by atoms with Gasteiger partial charge >= 0.3 is 0 Å². The monoisotopic (exact) mass is 302 g/mol. The minimum absolute atomic E-state index is 0.164. The van der Waals surface area contributed by atoms with E-state index in [4.69, 9.17) is 4.42 Å². The summed E-state index contributed by atoms with van der Waals surface area (Å²) in [6.07, 6.45) is 12.0. The molecule has 2 aliphatic rings. The van der Waals surface area contributed by atoms with Gasteiger partial charge in [-0.15, -0.1) is 0 Å². The van der Waals surface area contributed by atoms with Crippen molar-refractivity contribution in [1.82, 2.24) is 10.2 Å². The molecule has 1 aromatic rings. The molecular formula is C18H26N2O2. The molecule has 4 heteroatoms. The van der Waals surface area contributed by atoms with Crippen LogP contribution in [0.4, 0.5) is 0 Å². The summed E-state index contributed by atoms with van der Waals surface area (Å²) in [5, 5.41) is 2.99. The second-order valence-electron chi connectivity index (χ2n) is 6.52. The van der Waals surface area contributed by atoms with E-state index in [1.807, 2.05) is 12.1 Å². The smallest absolute Gasteiger partial charge is 0.223 e. The Morgan fingerprint density at radius 1 is 1.27 bits per heavy atom. The van der Waals surface area contributed by atoms with Crippen molar-refractivity contribution < 1.29 is 9.21 Å². The lowest BCUT2D eigenvalue weighted by atomic mass is 9.91. The van der Waals surface area contributed by atoms with Crippen molar-refractivity contribution in [3.8, 4) is 0 Å². The largest absolute Gasteiger partial charge is 0.467 e. The van der Waals surface area contributed by atoms with Crippen LogP contribution in [0.15, 0.2) is 35.0 Å². The molecule has 1 atom stereocenters. The third kappa shape index (κ3) is 4.23. The van der Waals surface area contributed by atoms with E-state index in [0.717, 1.165) is 37.6 Å². The molecule has 2 heterocycles. The summed E-state index contributed by atoms with van der Waals surface area (Å²) in [5.41, 5.74) is 0. The predicted molar refractivity (Wildman–Crippen MR) is 86.2 cm³/mol. The van der Waals surface area contributed by atoms with Crippen LogP contribution in [0, 0.1) is 11.8 Å². The van der Waals surface area contributed by atoms with E-state index in [-0.39, 0.29) is 11.8 Å². The number of carbonyl (C=O) groups is 1. The van der Waals surface area contributed by atoms with Crippen molar-refractivity contribution in [3.63, 3.8) is 0 Å². The first-order valence-electron chi connectivity index (χ1n) is 8.48. The van der Waals surface area contributed by atoms with Crippen LogP contribution < -0.4 is 5.32 Å². The number of piperidine rings is 1. The number of nitrogens with zero attached hydrogens (tertiary/aromatic N) is 1. The number of allylic oxidation sites excluding steroid dienone is 2. The highest BCUT2D eigenvalue weighted by atomic mass is 16.3. The van der Waals surface area contributed by atoms with Crippen LogP contribution in [-0.4, -0.2) is 30.4 Å². The van der Waals surface area contributed by atoms with Crippen LogP contribution in [-0.2, 0) is 11.3 Å². The molecule has 1 saturated heterocycles. The van der Waals surface area contributed by atoms with Crippen molar-refractivity contribution >= 4 is 5.91 Å². The first kappa shape index (κ1) is 15.3. The highest BCUT2D eigenvalue weighted by Crippen LogP contribution is 2.23. The predicted octanol–water partition coefficient (Wildman–Crippen LogP) is 2.96. The molecule has 4 nitrogen and oxygen atoms in total. The van der Waals surface area contributed by atoms with Gasteiger partial charge in [-0.25, -0.2) is 0 Å². The topological polar surface area (TPSA) is 45.5 Å². The van der Waals surface area contributed by atoms with E-state index in [0.29, 0.717) is 6.54 Å². The third-order valence-corrected chi connectivity index (χ3v) is 4.87. The lowest BCUT2D eigenvalue weighted by Gasteiger charge is -2.34. The van der Waals surface area contributed by atoms with E-state index >= 15 is 0 Å². The molecule has 1 aliphatic heterocycles. The fraction of sp³-hybridized carbons (Fsp3) is 0.611. The average Bonchev–Trinajstić information content (AvgIpc) is 3.08. The van der Waals surface area contributed by atoms with Gasteiger partial charge in [0.05, 0.1) is 12.8 Å². The number of amides is 1. The van der Waals surface area contributed by atoms with E-state index in [9.17, 15) is 4.79 Å². The van der Waals surface area contributed by atoms with Gasteiger partial charge in [-0.3, -0.25) is 4.79 Å². The van der Waals surface area contributed by atoms with Crippen LogP contribution >= 0.6 is 0 Å². The standard InChI is InChI=1S/C18H26N2O2/c21-18(19-13-17-7-4-12-22-17)16-8-10-20(11-9-16)14-15-5-2-1-3-6-15/h1-2,4,7,12,15-16H,3,5-6,8-11,13-14H2,(H,19,21)/t15-/m0/s1. The molecule has 1 aromatic heterocycles. The number of rotatable bonds is 5. The van der Waals surface area contributed by atoms with Gasteiger partial charge < -0.3 is 14.6 Å². The van der Waals surface area contributed by atoms with E-state index in [1.165, 1.54) is 25.8 Å². The molecule has 0 radical (unpaired) electrons. The molecule has 3 rings (SSSR count). The van der Waals surface area contributed by atoms with Crippen LogP contribution in [0.1, 0.15) is 37.9 Å². The minimum atomic E-state index is 0.164. The number of hydrogen-bond donors (Lipinski definition) is 1. The second-order valence-corrected chi connectivity index (χ2v) is 6.52. The molecule has 120 valence electrons. The third-order valence-electron chi connectivity index (χ3n) is 4.87. The maximum atomic E-state index is 12.2. The zero-order chi connectivity index (χ0) is 15.2. The average molecular weight is 302 g/mol. The van der Waals surface area contributed by atoms with Gasteiger partial charge in [0.25, 0.3) is 0 Å². The Kier molecular flexibility index (Phi) is 5.33. The van der Waals surface area contributed by atoms with Crippen molar-refractivity contribution in [3.05, 3.63) is 36.3 Å². The van der Waals surface area contributed by atoms with Gasteiger partial charge in [0.2, 0.25) is 5.91 Å². The molecule has 22 heavy (non-hydrogen) atoms. The maximum Gasteiger partial charge on any atom is 0.223 e. The Hall–Kier alpha value is -1.55. The zero-order valence-corrected chi connectivity index (χ0v) is 13.2. The number of likely N-dealkylation sites (tertiary alicyclic amines) is 1. The number of furan rings is 1. The Morgan fingerprint density at radius 3 is 2.82 bits per heavy atom. The molecule has 1 fully saturated rings. The summed E-state index contributed by atoms with van der Waals surface area (Å²) in [6, 6.07) is 3.74. The summed E-state index contributed by atoms with van der Waals surface area (Å²) >= 11 is 0. The molecule has 1 N–H and O–H groups in total. The summed E-state index contributed by atoms with van der Waals surface area (Å²) < 4.78 is 5.24. The molecule has 0 aromatic carbocycles. The summed E-state index contributed by atoms with van der Waals surface area (Å²) in [7, 11) is 0. The molecule has 0 bridgehead atoms. The normalized spacial score (nSPS) is 23.5. The molecule has 0 spiro atoms. The molecule has 0 unspecified atom stereocenters. The highest BCUT2D eigenvalue weighted by Gasteiger charge is 2.26. The van der Waals surface area contributed by atoms with E-state index in [2.05, 4.69) is 22.4 Å². The SMILES string of the molecule is O=C(NCc1ccco1)C1CCN(C[C@H]2CC=CCC2)CC1. The zero-order valence-electron chi connectivity index (χ0n) is 13.2. The number of carbonyl (C=O) groups excluding carboxylic acids is 1. The van der Waals surface area contributed by atoms with Gasteiger partial charge in [-0.1, -0.05) is 12.2 Å². The maximum absolute atomic E-state index is 12.2. The lowest BCUT2D eigenvalue weighted by Crippen LogP contribution is -2.42. The summed E-state index contributed by atoms with van der Waals surface area (Å²) in [6.45, 7) is 3.81. The van der Waals surface area contributed by atoms with Gasteiger partial charge in [0.1, 0.15) is 5.76 Å². The van der Waals surface area contributed by atoms with Crippen LogP contribution in [0.3, 0.4) is 0 Å². The Labute approximate surface area is 132 Å². The summed E-state index contributed by atoms with van der Waals surface area (Å²) in [4.78, 5) is 14.8. The van der Waals surface area contributed by atoms with Gasteiger partial charge in [0.15, 0.2) is 0 Å². The fourth-order valence-electron chi connectivity index (χ4n) is 3.50. The molecule has 1 aliphatic carbocycles. The fourth-order valence-corrected chi connectivity index (χ4v) is 3.50. The van der Waals surface area contributed by atoms with Gasteiger partial charge in [-0.05, 0) is 63.2 Å². The van der Waals surface area contributed by atoms with Crippen molar-refractivity contribution in [2.24, 2.45) is 11.8 Å². The Bertz CT molecular complexity index is 487. The van der Waals surface area contributed by atoms with E-state index < -0.39 is 0 Å². The van der Waals surface area contributed by atoms with Crippen LogP contribution in [0.5, 0.6) is 0 Å². The minimum Gasteiger partial charge on any atom is -0.467 e.